The molecular weight excluding hydrogens is 252 g/mol. The highest BCUT2D eigenvalue weighted by Gasteiger charge is 2.55. The van der Waals surface area contributed by atoms with Gasteiger partial charge in [-0.2, -0.15) is 5.26 Å². The van der Waals surface area contributed by atoms with Crippen molar-refractivity contribution in [2.75, 3.05) is 7.11 Å². The van der Waals surface area contributed by atoms with Gasteiger partial charge in [-0.25, -0.2) is 4.99 Å². The Balaban J connectivity index is 2.12. The third kappa shape index (κ3) is 1.66. The normalized spacial score (nSPS) is 43.5. The van der Waals surface area contributed by atoms with Crippen LogP contribution in [0.1, 0.15) is 39.5 Å². The first kappa shape index (κ1) is 13.6. The van der Waals surface area contributed by atoms with E-state index >= 15 is 0 Å². The lowest BCUT2D eigenvalue weighted by molar-refractivity contribution is -0.0523. The number of hydrogen-bond acceptors (Lipinski definition) is 4. The van der Waals surface area contributed by atoms with Gasteiger partial charge in [-0.05, 0) is 42.6 Å². The van der Waals surface area contributed by atoms with E-state index in [4.69, 9.17) is 4.74 Å². The van der Waals surface area contributed by atoms with Gasteiger partial charge < -0.3 is 9.84 Å². The SMILES string of the molecule is COC1=NC2=C(CC1)C1(C#N)CC(C)C(O)C(C2)[C@@H]1C. The van der Waals surface area contributed by atoms with Gasteiger partial charge in [0.2, 0.25) is 0 Å². The molecule has 2 aliphatic carbocycles. The summed E-state index contributed by atoms with van der Waals surface area (Å²) >= 11 is 0. The van der Waals surface area contributed by atoms with Gasteiger partial charge in [0, 0.05) is 12.1 Å². The van der Waals surface area contributed by atoms with Gasteiger partial charge in [-0.15, -0.1) is 0 Å². The van der Waals surface area contributed by atoms with Gasteiger partial charge in [-0.1, -0.05) is 13.8 Å². The van der Waals surface area contributed by atoms with Crippen LogP contribution in [-0.2, 0) is 4.74 Å². The zero-order valence-electron chi connectivity index (χ0n) is 12.4. The molecule has 4 nitrogen and oxygen atoms in total. The summed E-state index contributed by atoms with van der Waals surface area (Å²) in [6.45, 7) is 4.19. The molecule has 20 heavy (non-hydrogen) atoms. The quantitative estimate of drug-likeness (QED) is 0.738. The van der Waals surface area contributed by atoms with E-state index in [0.29, 0.717) is 0 Å². The molecule has 1 N–H and O–H groups in total. The molecule has 2 bridgehead atoms. The molecule has 0 radical (unpaired) electrons. The number of rotatable bonds is 0. The van der Waals surface area contributed by atoms with Crippen LogP contribution >= 0.6 is 0 Å². The molecule has 0 spiro atoms. The van der Waals surface area contributed by atoms with Crippen LogP contribution in [0.15, 0.2) is 16.3 Å². The summed E-state index contributed by atoms with van der Waals surface area (Å²) in [6, 6.07) is 2.60. The standard InChI is InChI=1S/C16H22N2O2/c1-9-7-16(8-17)10(2)11(15(9)19)6-13-12(16)4-5-14(18-13)20-3/h9-11,15,19H,4-7H2,1-3H3/t9?,10-,11?,15?,16?/m0/s1. The number of allylic oxidation sites excluding steroid dienone is 2. The Kier molecular flexibility index (Phi) is 3.13. The Morgan fingerprint density at radius 1 is 1.40 bits per heavy atom. The van der Waals surface area contributed by atoms with E-state index in [0.717, 1.165) is 37.3 Å². The highest BCUT2D eigenvalue weighted by Crippen LogP contribution is 2.58. The van der Waals surface area contributed by atoms with Crippen molar-refractivity contribution in [3.05, 3.63) is 11.3 Å². The van der Waals surface area contributed by atoms with Crippen molar-refractivity contribution in [2.24, 2.45) is 28.2 Å². The Labute approximate surface area is 120 Å². The maximum atomic E-state index is 10.5. The van der Waals surface area contributed by atoms with E-state index in [1.807, 2.05) is 0 Å². The third-order valence-electron chi connectivity index (χ3n) is 5.68. The van der Waals surface area contributed by atoms with Crippen LogP contribution < -0.4 is 0 Å². The van der Waals surface area contributed by atoms with Crippen LogP contribution in [-0.4, -0.2) is 24.2 Å². The maximum Gasteiger partial charge on any atom is 0.188 e. The molecule has 108 valence electrons. The summed E-state index contributed by atoms with van der Waals surface area (Å²) in [6.07, 6.45) is 2.85. The number of aliphatic hydroxyl groups excluding tert-OH is 1. The molecule has 5 atom stereocenters. The molecule has 0 aromatic rings. The summed E-state index contributed by atoms with van der Waals surface area (Å²) in [7, 11) is 1.65. The highest BCUT2D eigenvalue weighted by molar-refractivity contribution is 5.79. The zero-order chi connectivity index (χ0) is 14.5. The predicted octanol–water partition coefficient (Wildman–Crippen LogP) is 2.65. The van der Waals surface area contributed by atoms with Crippen LogP contribution in [0, 0.1) is 34.5 Å². The van der Waals surface area contributed by atoms with E-state index < -0.39 is 5.41 Å². The third-order valence-corrected chi connectivity index (χ3v) is 5.68. The van der Waals surface area contributed by atoms with E-state index in [1.54, 1.807) is 7.11 Å². The van der Waals surface area contributed by atoms with Crippen LogP contribution in [0.4, 0.5) is 0 Å². The second kappa shape index (κ2) is 4.60. The number of nitriles is 1. The molecule has 1 heterocycles. The van der Waals surface area contributed by atoms with Crippen LogP contribution in [0.25, 0.3) is 0 Å². The van der Waals surface area contributed by atoms with Crippen LogP contribution in [0.5, 0.6) is 0 Å². The van der Waals surface area contributed by atoms with Crippen LogP contribution in [0.3, 0.4) is 0 Å². The fraction of sp³-hybridized carbons (Fsp3) is 0.750. The van der Waals surface area contributed by atoms with Crippen molar-refractivity contribution in [1.82, 2.24) is 0 Å². The minimum absolute atomic E-state index is 0.136. The molecule has 1 fully saturated rings. The molecule has 0 aromatic heterocycles. The van der Waals surface area contributed by atoms with Gasteiger partial charge in [0.25, 0.3) is 0 Å². The van der Waals surface area contributed by atoms with E-state index in [9.17, 15) is 10.4 Å². The predicted molar refractivity (Wildman–Crippen MR) is 75.8 cm³/mol. The summed E-state index contributed by atoms with van der Waals surface area (Å²) < 4.78 is 5.27. The molecule has 1 aliphatic heterocycles. The Morgan fingerprint density at radius 3 is 2.80 bits per heavy atom. The summed E-state index contributed by atoms with van der Waals surface area (Å²) in [5.41, 5.74) is 1.78. The van der Waals surface area contributed by atoms with Crippen molar-refractivity contribution < 1.29 is 9.84 Å². The molecule has 0 aromatic carbocycles. The molecule has 0 amide bonds. The van der Waals surface area contributed by atoms with Crippen LogP contribution in [0.2, 0.25) is 0 Å². The van der Waals surface area contributed by atoms with E-state index in [-0.39, 0.29) is 23.9 Å². The number of nitrogens with zero attached hydrogens (tertiary/aromatic N) is 2. The first-order valence-electron chi connectivity index (χ1n) is 7.47. The Hall–Kier alpha value is -1.34. The van der Waals surface area contributed by atoms with Gasteiger partial charge >= 0.3 is 0 Å². The second-order valence-corrected chi connectivity index (χ2v) is 6.55. The minimum Gasteiger partial charge on any atom is -0.484 e. The molecule has 4 unspecified atom stereocenters. The number of aliphatic imine (C=N–C) groups is 1. The molecular formula is C16H22N2O2. The van der Waals surface area contributed by atoms with E-state index in [1.165, 1.54) is 5.57 Å². The number of aliphatic hydroxyl groups is 1. The van der Waals surface area contributed by atoms with Gasteiger partial charge in [0.1, 0.15) is 0 Å². The van der Waals surface area contributed by atoms with Crippen molar-refractivity contribution in [3.8, 4) is 6.07 Å². The molecule has 3 aliphatic rings. The largest absolute Gasteiger partial charge is 0.484 e. The number of ether oxygens (including phenoxy) is 1. The van der Waals surface area contributed by atoms with Crippen molar-refractivity contribution in [3.63, 3.8) is 0 Å². The Bertz CT molecular complexity index is 531. The summed E-state index contributed by atoms with van der Waals surface area (Å²) in [4.78, 5) is 4.60. The average molecular weight is 274 g/mol. The fourth-order valence-corrected chi connectivity index (χ4v) is 4.48. The number of fused-ring (bicyclic) bond motifs is 3. The van der Waals surface area contributed by atoms with Gasteiger partial charge in [0.15, 0.2) is 5.90 Å². The molecule has 3 rings (SSSR count). The first-order chi connectivity index (χ1) is 9.53. The molecule has 1 saturated carbocycles. The zero-order valence-corrected chi connectivity index (χ0v) is 12.4. The lowest BCUT2D eigenvalue weighted by Gasteiger charge is -2.53. The highest BCUT2D eigenvalue weighted by atomic mass is 16.5. The summed E-state index contributed by atoms with van der Waals surface area (Å²) in [5.74, 6) is 1.28. The smallest absolute Gasteiger partial charge is 0.188 e. The average Bonchev–Trinajstić information content (AvgIpc) is 2.46. The summed E-state index contributed by atoms with van der Waals surface area (Å²) in [5, 5.41) is 20.4. The number of methoxy groups -OCH3 is 1. The minimum atomic E-state index is -0.431. The Morgan fingerprint density at radius 2 is 2.15 bits per heavy atom. The second-order valence-electron chi connectivity index (χ2n) is 6.55. The lowest BCUT2D eigenvalue weighted by Crippen LogP contribution is -2.52. The monoisotopic (exact) mass is 274 g/mol. The van der Waals surface area contributed by atoms with Crippen molar-refractivity contribution in [2.45, 2.75) is 45.6 Å². The lowest BCUT2D eigenvalue weighted by atomic mass is 9.51. The van der Waals surface area contributed by atoms with Gasteiger partial charge in [0.05, 0.1) is 24.7 Å². The fourth-order valence-electron chi connectivity index (χ4n) is 4.48. The van der Waals surface area contributed by atoms with Gasteiger partial charge in [-0.3, -0.25) is 0 Å². The maximum absolute atomic E-state index is 10.5. The topological polar surface area (TPSA) is 65.6 Å². The number of hydrogen-bond donors (Lipinski definition) is 1. The molecule has 4 heteroatoms. The first-order valence-corrected chi connectivity index (χ1v) is 7.47. The molecule has 0 saturated heterocycles. The van der Waals surface area contributed by atoms with E-state index in [2.05, 4.69) is 24.9 Å². The van der Waals surface area contributed by atoms with Crippen molar-refractivity contribution in [1.29, 1.82) is 5.26 Å². The van der Waals surface area contributed by atoms with Crippen molar-refractivity contribution >= 4 is 5.90 Å².